The van der Waals surface area contributed by atoms with Crippen LogP contribution in [0.3, 0.4) is 0 Å². The number of benzene rings is 1. The largest absolute Gasteiger partial charge is 0.391 e. The fraction of sp³-hybridized carbons (Fsp3) is 0.438. The second-order valence-electron chi connectivity index (χ2n) is 5.62. The van der Waals surface area contributed by atoms with Crippen LogP contribution in [0.1, 0.15) is 17.7 Å². The molecule has 3 rings (SSSR count). The van der Waals surface area contributed by atoms with E-state index < -0.39 is 0 Å². The molecule has 2 aromatic rings. The molecule has 0 bridgehead atoms. The number of β-amino-alcohol motifs (C(OH)–C–C–N with tert-alkyl or cyclic N) is 1. The molecule has 1 aliphatic heterocycles. The van der Waals surface area contributed by atoms with E-state index in [9.17, 15) is 5.11 Å². The first-order valence-electron chi connectivity index (χ1n) is 7.24. The molecule has 0 spiro atoms. The van der Waals surface area contributed by atoms with Gasteiger partial charge in [-0.2, -0.15) is 5.10 Å². The van der Waals surface area contributed by atoms with E-state index in [2.05, 4.69) is 39.4 Å². The van der Waals surface area contributed by atoms with Crippen molar-refractivity contribution >= 4 is 0 Å². The lowest BCUT2D eigenvalue weighted by atomic mass is 9.88. The van der Waals surface area contributed by atoms with Crippen LogP contribution in [0, 0.1) is 5.92 Å². The number of nitrogens with zero attached hydrogens (tertiary/aromatic N) is 2. The Bertz CT molecular complexity index is 512. The average Bonchev–Trinajstić information content (AvgIpc) is 2.96. The smallest absolute Gasteiger partial charge is 0.0699 e. The standard InChI is InChI=1S/C16H21N3O/c20-16-12-19(11-15-6-8-17-18-15)9-7-14(16)10-13-4-2-1-3-5-13/h1-6,8,14,16,20H,7,9-12H2,(H,17,18)/t14-,16+/m1/s1. The van der Waals surface area contributed by atoms with Crippen molar-refractivity contribution in [3.63, 3.8) is 0 Å². The van der Waals surface area contributed by atoms with E-state index in [0.717, 1.165) is 38.2 Å². The van der Waals surface area contributed by atoms with Crippen LogP contribution in [-0.2, 0) is 13.0 Å². The Morgan fingerprint density at radius 3 is 2.80 bits per heavy atom. The molecule has 0 amide bonds. The number of aliphatic hydroxyl groups is 1. The van der Waals surface area contributed by atoms with Crippen molar-refractivity contribution in [3.05, 3.63) is 53.9 Å². The summed E-state index contributed by atoms with van der Waals surface area (Å²) >= 11 is 0. The van der Waals surface area contributed by atoms with Crippen LogP contribution in [0.2, 0.25) is 0 Å². The molecule has 1 fully saturated rings. The minimum absolute atomic E-state index is 0.244. The Hall–Kier alpha value is -1.65. The third-order valence-corrected chi connectivity index (χ3v) is 4.10. The first-order valence-corrected chi connectivity index (χ1v) is 7.24. The lowest BCUT2D eigenvalue weighted by Gasteiger charge is -2.35. The number of rotatable bonds is 4. The highest BCUT2D eigenvalue weighted by Gasteiger charge is 2.27. The van der Waals surface area contributed by atoms with Gasteiger partial charge in [-0.3, -0.25) is 10.00 Å². The molecule has 0 unspecified atom stereocenters. The Morgan fingerprint density at radius 1 is 1.25 bits per heavy atom. The van der Waals surface area contributed by atoms with E-state index in [0.29, 0.717) is 5.92 Å². The summed E-state index contributed by atoms with van der Waals surface area (Å²) in [4.78, 5) is 2.29. The molecular weight excluding hydrogens is 250 g/mol. The summed E-state index contributed by atoms with van der Waals surface area (Å²) < 4.78 is 0. The molecule has 106 valence electrons. The Balaban J connectivity index is 1.54. The third kappa shape index (κ3) is 3.26. The zero-order valence-corrected chi connectivity index (χ0v) is 11.6. The predicted molar refractivity (Wildman–Crippen MR) is 78.1 cm³/mol. The maximum atomic E-state index is 10.4. The summed E-state index contributed by atoms with van der Waals surface area (Å²) in [5.41, 5.74) is 2.43. The summed E-state index contributed by atoms with van der Waals surface area (Å²) in [6, 6.07) is 12.4. The molecule has 1 aliphatic rings. The van der Waals surface area contributed by atoms with Gasteiger partial charge >= 0.3 is 0 Å². The minimum atomic E-state index is -0.244. The molecule has 4 nitrogen and oxygen atoms in total. The van der Waals surface area contributed by atoms with Crippen LogP contribution in [0.15, 0.2) is 42.6 Å². The quantitative estimate of drug-likeness (QED) is 0.892. The number of hydrogen-bond donors (Lipinski definition) is 2. The molecule has 0 radical (unpaired) electrons. The van der Waals surface area contributed by atoms with Gasteiger partial charge in [0.15, 0.2) is 0 Å². The second kappa shape index (κ2) is 6.20. The van der Waals surface area contributed by atoms with Gasteiger partial charge in [0.25, 0.3) is 0 Å². The lowest BCUT2D eigenvalue weighted by molar-refractivity contribution is 0.0183. The van der Waals surface area contributed by atoms with Crippen LogP contribution in [-0.4, -0.2) is 39.4 Å². The van der Waals surface area contributed by atoms with Crippen LogP contribution >= 0.6 is 0 Å². The molecule has 0 saturated carbocycles. The van der Waals surface area contributed by atoms with E-state index >= 15 is 0 Å². The van der Waals surface area contributed by atoms with E-state index in [1.165, 1.54) is 5.56 Å². The minimum Gasteiger partial charge on any atom is -0.391 e. The van der Waals surface area contributed by atoms with Crippen LogP contribution in [0.4, 0.5) is 0 Å². The highest BCUT2D eigenvalue weighted by Crippen LogP contribution is 2.23. The van der Waals surface area contributed by atoms with Crippen molar-refractivity contribution in [2.75, 3.05) is 13.1 Å². The van der Waals surface area contributed by atoms with Gasteiger partial charge in [0.2, 0.25) is 0 Å². The fourth-order valence-electron chi connectivity index (χ4n) is 2.96. The Labute approximate surface area is 119 Å². The van der Waals surface area contributed by atoms with Gasteiger partial charge in [0.1, 0.15) is 0 Å². The first-order chi connectivity index (χ1) is 9.81. The highest BCUT2D eigenvalue weighted by atomic mass is 16.3. The number of piperidine rings is 1. The number of aliphatic hydroxyl groups excluding tert-OH is 1. The molecule has 1 aromatic heterocycles. The van der Waals surface area contributed by atoms with Crippen molar-refractivity contribution in [2.24, 2.45) is 5.92 Å². The molecular formula is C16H21N3O. The summed E-state index contributed by atoms with van der Waals surface area (Å²) in [6.07, 6.45) is 3.55. The molecule has 4 heteroatoms. The van der Waals surface area contributed by atoms with Gasteiger partial charge in [-0.1, -0.05) is 30.3 Å². The first kappa shape index (κ1) is 13.3. The molecule has 2 atom stereocenters. The van der Waals surface area contributed by atoms with Crippen LogP contribution in [0.25, 0.3) is 0 Å². The normalized spacial score (nSPS) is 23.9. The average molecular weight is 271 g/mol. The maximum absolute atomic E-state index is 10.4. The topological polar surface area (TPSA) is 52.1 Å². The Morgan fingerprint density at radius 2 is 2.10 bits per heavy atom. The summed E-state index contributed by atoms with van der Waals surface area (Å²) in [7, 11) is 0. The van der Waals surface area contributed by atoms with E-state index in [1.54, 1.807) is 6.20 Å². The number of aromatic nitrogens is 2. The monoisotopic (exact) mass is 271 g/mol. The van der Waals surface area contributed by atoms with Crippen molar-refractivity contribution in [2.45, 2.75) is 25.5 Å². The third-order valence-electron chi connectivity index (χ3n) is 4.10. The van der Waals surface area contributed by atoms with Gasteiger partial charge < -0.3 is 5.11 Å². The van der Waals surface area contributed by atoms with Gasteiger partial charge in [0, 0.05) is 25.0 Å². The van der Waals surface area contributed by atoms with Crippen molar-refractivity contribution < 1.29 is 5.11 Å². The second-order valence-corrected chi connectivity index (χ2v) is 5.62. The summed E-state index contributed by atoms with van der Waals surface area (Å²) in [6.45, 7) is 2.62. The number of likely N-dealkylation sites (tertiary alicyclic amines) is 1. The number of aromatic amines is 1. The number of hydrogen-bond acceptors (Lipinski definition) is 3. The highest BCUT2D eigenvalue weighted by molar-refractivity contribution is 5.15. The predicted octanol–water partition coefficient (Wildman–Crippen LogP) is 1.84. The van der Waals surface area contributed by atoms with Gasteiger partial charge in [0.05, 0.1) is 6.10 Å². The zero-order chi connectivity index (χ0) is 13.8. The molecule has 20 heavy (non-hydrogen) atoms. The SMILES string of the molecule is O[C@H]1CN(Cc2ccn[nH]2)CC[C@@H]1Cc1ccccc1. The van der Waals surface area contributed by atoms with E-state index in [-0.39, 0.29) is 6.10 Å². The molecule has 2 N–H and O–H groups in total. The molecule has 0 aliphatic carbocycles. The Kier molecular flexibility index (Phi) is 4.14. The summed E-state index contributed by atoms with van der Waals surface area (Å²) in [5, 5.41) is 17.3. The number of H-pyrrole nitrogens is 1. The van der Waals surface area contributed by atoms with Gasteiger partial charge in [-0.15, -0.1) is 0 Å². The van der Waals surface area contributed by atoms with Crippen LogP contribution in [0.5, 0.6) is 0 Å². The van der Waals surface area contributed by atoms with Gasteiger partial charge in [-0.25, -0.2) is 0 Å². The molecule has 2 heterocycles. The lowest BCUT2D eigenvalue weighted by Crippen LogP contribution is -2.44. The maximum Gasteiger partial charge on any atom is 0.0699 e. The fourth-order valence-corrected chi connectivity index (χ4v) is 2.96. The molecule has 1 saturated heterocycles. The van der Waals surface area contributed by atoms with E-state index in [4.69, 9.17) is 0 Å². The molecule has 1 aromatic carbocycles. The summed E-state index contributed by atoms with van der Waals surface area (Å²) in [5.74, 6) is 0.371. The zero-order valence-electron chi connectivity index (χ0n) is 11.6. The number of nitrogens with one attached hydrogen (secondary N) is 1. The van der Waals surface area contributed by atoms with Crippen LogP contribution < -0.4 is 0 Å². The van der Waals surface area contributed by atoms with E-state index in [1.807, 2.05) is 12.1 Å². The van der Waals surface area contributed by atoms with Crippen molar-refractivity contribution in [1.82, 2.24) is 15.1 Å². The van der Waals surface area contributed by atoms with Crippen molar-refractivity contribution in [3.8, 4) is 0 Å². The van der Waals surface area contributed by atoms with Gasteiger partial charge in [-0.05, 0) is 36.9 Å². The van der Waals surface area contributed by atoms with Crippen molar-refractivity contribution in [1.29, 1.82) is 0 Å².